The van der Waals surface area contributed by atoms with Crippen LogP contribution in [-0.4, -0.2) is 28.1 Å². The number of carbonyl (C=O) groups excluding carboxylic acids is 1. The van der Waals surface area contributed by atoms with E-state index in [4.69, 9.17) is 5.73 Å². The summed E-state index contributed by atoms with van der Waals surface area (Å²) < 4.78 is 0. The lowest BCUT2D eigenvalue weighted by Crippen LogP contribution is -2.26. The van der Waals surface area contributed by atoms with Gasteiger partial charge >= 0.3 is 0 Å². The Morgan fingerprint density at radius 1 is 1.47 bits per heavy atom. The van der Waals surface area contributed by atoms with Crippen LogP contribution >= 0.6 is 0 Å². The fourth-order valence-electron chi connectivity index (χ4n) is 1.59. The third-order valence-corrected chi connectivity index (χ3v) is 2.55. The van der Waals surface area contributed by atoms with Gasteiger partial charge in [-0.2, -0.15) is 5.10 Å². The van der Waals surface area contributed by atoms with Gasteiger partial charge in [0, 0.05) is 25.5 Å². The van der Waals surface area contributed by atoms with Crippen LogP contribution in [0.1, 0.15) is 15.9 Å². The van der Waals surface area contributed by atoms with Gasteiger partial charge in [-0.25, -0.2) is 0 Å². The van der Waals surface area contributed by atoms with Crippen molar-refractivity contribution in [3.05, 3.63) is 47.8 Å². The Morgan fingerprint density at radius 3 is 2.88 bits per heavy atom. The van der Waals surface area contributed by atoms with Crippen molar-refractivity contribution in [2.45, 2.75) is 6.54 Å². The van der Waals surface area contributed by atoms with Crippen molar-refractivity contribution in [3.63, 3.8) is 0 Å². The standard InChI is InChI=1S/C12H14N4O/c1-16(12(17)10-6-14-15-7-10)8-9-4-2-3-5-11(9)13/h2-7H,8,13H2,1H3,(H,14,15). The Labute approximate surface area is 99.2 Å². The molecule has 1 heterocycles. The maximum absolute atomic E-state index is 11.9. The van der Waals surface area contributed by atoms with Crippen molar-refractivity contribution in [1.29, 1.82) is 0 Å². The summed E-state index contributed by atoms with van der Waals surface area (Å²) in [5.74, 6) is -0.0815. The number of rotatable bonds is 3. The summed E-state index contributed by atoms with van der Waals surface area (Å²) in [6.45, 7) is 0.483. The number of anilines is 1. The van der Waals surface area contributed by atoms with Crippen molar-refractivity contribution < 1.29 is 4.79 Å². The molecule has 3 N–H and O–H groups in total. The third-order valence-electron chi connectivity index (χ3n) is 2.55. The molecule has 1 aromatic heterocycles. The number of nitrogens with one attached hydrogen (secondary N) is 1. The van der Waals surface area contributed by atoms with Crippen molar-refractivity contribution in [3.8, 4) is 0 Å². The van der Waals surface area contributed by atoms with Crippen LogP contribution < -0.4 is 5.73 Å². The van der Waals surface area contributed by atoms with Crippen molar-refractivity contribution >= 4 is 11.6 Å². The fourth-order valence-corrected chi connectivity index (χ4v) is 1.59. The van der Waals surface area contributed by atoms with E-state index in [-0.39, 0.29) is 5.91 Å². The molecule has 0 spiro atoms. The Kier molecular flexibility index (Phi) is 3.09. The smallest absolute Gasteiger partial charge is 0.257 e. The minimum atomic E-state index is -0.0815. The van der Waals surface area contributed by atoms with Gasteiger partial charge in [-0.05, 0) is 11.6 Å². The Balaban J connectivity index is 2.10. The van der Waals surface area contributed by atoms with Gasteiger partial charge in [-0.3, -0.25) is 9.89 Å². The number of hydrogen-bond acceptors (Lipinski definition) is 3. The quantitative estimate of drug-likeness (QED) is 0.779. The minimum absolute atomic E-state index is 0.0815. The van der Waals surface area contributed by atoms with Crippen LogP contribution in [0.3, 0.4) is 0 Å². The molecular formula is C12H14N4O. The second-order valence-corrected chi connectivity index (χ2v) is 3.85. The molecule has 0 aliphatic heterocycles. The van der Waals surface area contributed by atoms with Gasteiger partial charge in [-0.1, -0.05) is 18.2 Å². The number of amides is 1. The van der Waals surface area contributed by atoms with E-state index >= 15 is 0 Å². The predicted octanol–water partition coefficient (Wildman–Crippen LogP) is 1.26. The largest absolute Gasteiger partial charge is 0.398 e. The first kappa shape index (κ1) is 11.2. The molecule has 0 saturated carbocycles. The Morgan fingerprint density at radius 2 is 2.24 bits per heavy atom. The number of nitrogen functional groups attached to an aromatic ring is 1. The monoisotopic (exact) mass is 230 g/mol. The van der Waals surface area contributed by atoms with Gasteiger partial charge in [0.1, 0.15) is 0 Å². The van der Waals surface area contributed by atoms with Crippen LogP contribution in [0.5, 0.6) is 0 Å². The first-order valence-electron chi connectivity index (χ1n) is 5.26. The van der Waals surface area contributed by atoms with E-state index in [9.17, 15) is 4.79 Å². The van der Waals surface area contributed by atoms with Gasteiger partial charge in [-0.15, -0.1) is 0 Å². The molecule has 0 unspecified atom stereocenters. The number of aromatic amines is 1. The molecule has 2 aromatic rings. The van der Waals surface area contributed by atoms with E-state index in [1.165, 1.54) is 6.20 Å². The Bertz CT molecular complexity index is 507. The number of carbonyl (C=O) groups is 1. The lowest BCUT2D eigenvalue weighted by atomic mass is 10.1. The second kappa shape index (κ2) is 4.69. The van der Waals surface area contributed by atoms with E-state index in [2.05, 4.69) is 10.2 Å². The van der Waals surface area contributed by atoms with Crippen molar-refractivity contribution in [2.24, 2.45) is 0 Å². The van der Waals surface area contributed by atoms with Crippen molar-refractivity contribution in [2.75, 3.05) is 12.8 Å². The molecular weight excluding hydrogens is 216 g/mol. The van der Waals surface area contributed by atoms with E-state index in [0.29, 0.717) is 17.8 Å². The molecule has 0 saturated heterocycles. The van der Waals surface area contributed by atoms with Crippen LogP contribution in [0, 0.1) is 0 Å². The van der Waals surface area contributed by atoms with Gasteiger partial charge < -0.3 is 10.6 Å². The third kappa shape index (κ3) is 2.44. The van der Waals surface area contributed by atoms with E-state index in [1.807, 2.05) is 24.3 Å². The maximum Gasteiger partial charge on any atom is 0.257 e. The molecule has 88 valence electrons. The van der Waals surface area contributed by atoms with Gasteiger partial charge in [0.15, 0.2) is 0 Å². The van der Waals surface area contributed by atoms with E-state index in [1.54, 1.807) is 18.1 Å². The average molecular weight is 230 g/mol. The lowest BCUT2D eigenvalue weighted by molar-refractivity contribution is 0.0785. The molecule has 2 rings (SSSR count). The molecule has 5 heteroatoms. The summed E-state index contributed by atoms with van der Waals surface area (Å²) in [7, 11) is 1.74. The van der Waals surface area contributed by atoms with Crippen LogP contribution in [0.4, 0.5) is 5.69 Å². The van der Waals surface area contributed by atoms with Crippen LogP contribution in [-0.2, 0) is 6.54 Å². The van der Waals surface area contributed by atoms with Crippen molar-refractivity contribution in [1.82, 2.24) is 15.1 Å². The number of para-hydroxylation sites is 1. The van der Waals surface area contributed by atoms with Gasteiger partial charge in [0.05, 0.1) is 11.8 Å². The number of H-pyrrole nitrogens is 1. The zero-order chi connectivity index (χ0) is 12.3. The summed E-state index contributed by atoms with van der Waals surface area (Å²) in [6, 6.07) is 7.51. The van der Waals surface area contributed by atoms with Crippen LogP contribution in [0.2, 0.25) is 0 Å². The van der Waals surface area contributed by atoms with Crippen LogP contribution in [0.15, 0.2) is 36.7 Å². The molecule has 1 aromatic carbocycles. The summed E-state index contributed by atoms with van der Waals surface area (Å²) in [5.41, 5.74) is 8.01. The summed E-state index contributed by atoms with van der Waals surface area (Å²) >= 11 is 0. The number of hydrogen-bond donors (Lipinski definition) is 2. The predicted molar refractivity (Wildman–Crippen MR) is 65.2 cm³/mol. The molecule has 0 radical (unpaired) electrons. The molecule has 0 fully saturated rings. The zero-order valence-electron chi connectivity index (χ0n) is 9.55. The molecule has 17 heavy (non-hydrogen) atoms. The fraction of sp³-hybridized carbons (Fsp3) is 0.167. The molecule has 5 nitrogen and oxygen atoms in total. The first-order chi connectivity index (χ1) is 8.18. The molecule has 1 amide bonds. The molecule has 0 aliphatic carbocycles. The van der Waals surface area contributed by atoms with Crippen LogP contribution in [0.25, 0.3) is 0 Å². The highest BCUT2D eigenvalue weighted by atomic mass is 16.2. The topological polar surface area (TPSA) is 75.0 Å². The zero-order valence-corrected chi connectivity index (χ0v) is 9.55. The number of nitrogens with zero attached hydrogens (tertiary/aromatic N) is 2. The highest BCUT2D eigenvalue weighted by molar-refractivity contribution is 5.93. The van der Waals surface area contributed by atoms with Gasteiger partial charge in [0.2, 0.25) is 0 Å². The lowest BCUT2D eigenvalue weighted by Gasteiger charge is -2.17. The van der Waals surface area contributed by atoms with E-state index in [0.717, 1.165) is 5.56 Å². The number of benzene rings is 1. The molecule has 0 atom stereocenters. The van der Waals surface area contributed by atoms with E-state index < -0.39 is 0 Å². The highest BCUT2D eigenvalue weighted by Gasteiger charge is 2.13. The number of nitrogens with two attached hydrogens (primary N) is 1. The second-order valence-electron chi connectivity index (χ2n) is 3.85. The molecule has 0 bridgehead atoms. The minimum Gasteiger partial charge on any atom is -0.398 e. The Hall–Kier alpha value is -2.30. The maximum atomic E-state index is 11.9. The highest BCUT2D eigenvalue weighted by Crippen LogP contribution is 2.13. The average Bonchev–Trinajstić information content (AvgIpc) is 2.84. The first-order valence-corrected chi connectivity index (χ1v) is 5.26. The summed E-state index contributed by atoms with van der Waals surface area (Å²) in [6.07, 6.45) is 3.08. The summed E-state index contributed by atoms with van der Waals surface area (Å²) in [5, 5.41) is 6.37. The summed E-state index contributed by atoms with van der Waals surface area (Å²) in [4.78, 5) is 13.6. The number of aromatic nitrogens is 2. The normalized spacial score (nSPS) is 10.2. The van der Waals surface area contributed by atoms with Gasteiger partial charge in [0.25, 0.3) is 5.91 Å². The SMILES string of the molecule is CN(Cc1ccccc1N)C(=O)c1cn[nH]c1. The molecule has 0 aliphatic rings.